The highest BCUT2D eigenvalue weighted by Gasteiger charge is 2.40. The lowest BCUT2D eigenvalue weighted by molar-refractivity contribution is -0.175. The number of pyridine rings is 1. The summed E-state index contributed by atoms with van der Waals surface area (Å²) >= 11 is 0. The third-order valence-corrected chi connectivity index (χ3v) is 2.22. The maximum absolute atomic E-state index is 12.1. The number of carboxylic acid groups (broad SMARTS) is 1. The van der Waals surface area contributed by atoms with Crippen LogP contribution < -0.4 is 5.32 Å². The lowest BCUT2D eigenvalue weighted by atomic mass is 10.1. The zero-order chi connectivity index (χ0) is 14.6. The van der Waals surface area contributed by atoms with E-state index in [0.717, 1.165) is 0 Å². The number of carboxylic acids is 1. The van der Waals surface area contributed by atoms with Gasteiger partial charge in [-0.15, -0.1) is 0 Å². The number of hydrogen-bond donors (Lipinski definition) is 2. The van der Waals surface area contributed by atoms with Gasteiger partial charge in [-0.05, 0) is 19.1 Å². The van der Waals surface area contributed by atoms with Crippen LogP contribution in [0.3, 0.4) is 0 Å². The fourth-order valence-corrected chi connectivity index (χ4v) is 1.36. The van der Waals surface area contributed by atoms with Gasteiger partial charge < -0.3 is 10.4 Å². The smallest absolute Gasteiger partial charge is 0.471 e. The first-order valence-electron chi connectivity index (χ1n) is 5.23. The van der Waals surface area contributed by atoms with E-state index in [2.05, 4.69) is 4.98 Å². The van der Waals surface area contributed by atoms with Gasteiger partial charge >= 0.3 is 18.1 Å². The summed E-state index contributed by atoms with van der Waals surface area (Å²) in [5.41, 5.74) is 0.888. The number of hydrogen-bond acceptors (Lipinski definition) is 3. The zero-order valence-corrected chi connectivity index (χ0v) is 9.86. The van der Waals surface area contributed by atoms with Crippen molar-refractivity contribution in [2.75, 3.05) is 0 Å². The molecule has 0 bridgehead atoms. The van der Waals surface area contributed by atoms with E-state index in [4.69, 9.17) is 5.11 Å². The fraction of sp³-hybridized carbons (Fsp3) is 0.364. The van der Waals surface area contributed by atoms with Crippen LogP contribution in [0.25, 0.3) is 0 Å². The average molecular weight is 276 g/mol. The standard InChI is InChI=1S/C11H11F3N2O3/c1-6-3-2-4-7(15-6)5-8(9(17)18)16-10(19)11(12,13)14/h2-4,8H,5H2,1H3,(H,16,19)(H,17,18). The Hall–Kier alpha value is -2.12. The highest BCUT2D eigenvalue weighted by atomic mass is 19.4. The molecule has 0 aromatic carbocycles. The summed E-state index contributed by atoms with van der Waals surface area (Å²) in [5, 5.41) is 10.2. The fourth-order valence-electron chi connectivity index (χ4n) is 1.36. The number of aliphatic carboxylic acids is 1. The Bertz CT molecular complexity index is 488. The van der Waals surface area contributed by atoms with Crippen molar-refractivity contribution in [2.45, 2.75) is 25.6 Å². The maximum Gasteiger partial charge on any atom is 0.471 e. The summed E-state index contributed by atoms with van der Waals surface area (Å²) in [6, 6.07) is 3.06. The van der Waals surface area contributed by atoms with Crippen molar-refractivity contribution >= 4 is 11.9 Å². The quantitative estimate of drug-likeness (QED) is 0.862. The van der Waals surface area contributed by atoms with Crippen molar-refractivity contribution in [1.29, 1.82) is 0 Å². The molecule has 0 saturated heterocycles. The first-order chi connectivity index (χ1) is 8.70. The Morgan fingerprint density at radius 3 is 2.53 bits per heavy atom. The number of aryl methyl sites for hydroxylation is 1. The SMILES string of the molecule is Cc1cccc(CC(NC(=O)C(F)(F)F)C(=O)O)n1. The molecule has 1 unspecified atom stereocenters. The number of rotatable bonds is 4. The van der Waals surface area contributed by atoms with Crippen LogP contribution >= 0.6 is 0 Å². The minimum absolute atomic E-state index is 0.287. The van der Waals surface area contributed by atoms with E-state index in [1.165, 1.54) is 11.4 Å². The molecule has 0 aliphatic carbocycles. The molecule has 1 aromatic heterocycles. The van der Waals surface area contributed by atoms with Gasteiger partial charge in [0.2, 0.25) is 0 Å². The van der Waals surface area contributed by atoms with Crippen LogP contribution in [0.2, 0.25) is 0 Å². The molecule has 0 aliphatic rings. The predicted molar refractivity (Wildman–Crippen MR) is 58.3 cm³/mol. The van der Waals surface area contributed by atoms with Gasteiger partial charge in [0, 0.05) is 17.8 Å². The Labute approximate surface area is 106 Å². The number of carbonyl (C=O) groups is 2. The van der Waals surface area contributed by atoms with Gasteiger partial charge in [0.05, 0.1) is 0 Å². The van der Waals surface area contributed by atoms with Crippen molar-refractivity contribution < 1.29 is 27.9 Å². The predicted octanol–water partition coefficient (Wildman–Crippen LogP) is 1.06. The van der Waals surface area contributed by atoms with Crippen LogP contribution in [-0.4, -0.2) is 34.2 Å². The Morgan fingerprint density at radius 2 is 2.05 bits per heavy atom. The summed E-state index contributed by atoms with van der Waals surface area (Å²) in [6.45, 7) is 1.66. The zero-order valence-electron chi connectivity index (χ0n) is 9.86. The van der Waals surface area contributed by atoms with Crippen LogP contribution in [0, 0.1) is 6.92 Å². The van der Waals surface area contributed by atoms with Crippen LogP contribution in [0.15, 0.2) is 18.2 Å². The summed E-state index contributed by atoms with van der Waals surface area (Å²) in [6.07, 6.45) is -5.44. The Kier molecular flexibility index (Phi) is 4.47. The second-order valence-corrected chi connectivity index (χ2v) is 3.84. The van der Waals surface area contributed by atoms with Crippen molar-refractivity contribution in [3.63, 3.8) is 0 Å². The number of aromatic nitrogens is 1. The van der Waals surface area contributed by atoms with Gasteiger partial charge in [-0.3, -0.25) is 9.78 Å². The van der Waals surface area contributed by atoms with E-state index in [9.17, 15) is 22.8 Å². The molecule has 1 rings (SSSR count). The second-order valence-electron chi connectivity index (χ2n) is 3.84. The maximum atomic E-state index is 12.1. The molecule has 0 radical (unpaired) electrons. The molecule has 1 atom stereocenters. The van der Waals surface area contributed by atoms with Gasteiger partial charge in [-0.2, -0.15) is 13.2 Å². The molecule has 2 N–H and O–H groups in total. The molecule has 0 aliphatic heterocycles. The monoisotopic (exact) mass is 276 g/mol. The minimum Gasteiger partial charge on any atom is -0.480 e. The number of alkyl halides is 3. The van der Waals surface area contributed by atoms with Crippen molar-refractivity contribution in [2.24, 2.45) is 0 Å². The van der Waals surface area contributed by atoms with Crippen molar-refractivity contribution in [3.05, 3.63) is 29.6 Å². The number of amides is 1. The summed E-state index contributed by atoms with van der Waals surface area (Å²) in [7, 11) is 0. The highest BCUT2D eigenvalue weighted by Crippen LogP contribution is 2.15. The van der Waals surface area contributed by atoms with E-state index >= 15 is 0 Å². The minimum atomic E-state index is -5.12. The highest BCUT2D eigenvalue weighted by molar-refractivity contribution is 5.87. The molecule has 1 amide bonds. The number of halogens is 3. The van der Waals surface area contributed by atoms with E-state index in [1.54, 1.807) is 19.1 Å². The number of nitrogens with one attached hydrogen (secondary N) is 1. The Morgan fingerprint density at radius 1 is 1.42 bits per heavy atom. The molecule has 0 fully saturated rings. The molecule has 1 heterocycles. The molecule has 1 aromatic rings. The third-order valence-electron chi connectivity index (χ3n) is 2.22. The first-order valence-corrected chi connectivity index (χ1v) is 5.23. The molecule has 5 nitrogen and oxygen atoms in total. The van der Waals surface area contributed by atoms with Crippen LogP contribution in [0.5, 0.6) is 0 Å². The van der Waals surface area contributed by atoms with Gasteiger partial charge in [-0.1, -0.05) is 6.07 Å². The van der Waals surface area contributed by atoms with Crippen molar-refractivity contribution in [3.8, 4) is 0 Å². The molecule has 8 heteroatoms. The van der Waals surface area contributed by atoms with Crippen LogP contribution in [0.1, 0.15) is 11.4 Å². The van der Waals surface area contributed by atoms with Crippen LogP contribution in [0.4, 0.5) is 13.2 Å². The average Bonchev–Trinajstić information content (AvgIpc) is 2.26. The van der Waals surface area contributed by atoms with Crippen LogP contribution in [-0.2, 0) is 16.0 Å². The van der Waals surface area contributed by atoms with Crippen molar-refractivity contribution in [1.82, 2.24) is 10.3 Å². The third kappa shape index (κ3) is 4.57. The summed E-state index contributed by atoms with van der Waals surface area (Å²) < 4.78 is 36.2. The van der Waals surface area contributed by atoms with Gasteiger partial charge in [0.1, 0.15) is 6.04 Å². The molecule has 104 valence electrons. The van der Waals surface area contributed by atoms with Gasteiger partial charge in [0.25, 0.3) is 0 Å². The summed E-state index contributed by atoms with van der Waals surface area (Å²) in [4.78, 5) is 25.5. The largest absolute Gasteiger partial charge is 0.480 e. The normalized spacial score (nSPS) is 12.8. The molecule has 19 heavy (non-hydrogen) atoms. The molecular formula is C11H11F3N2O3. The topological polar surface area (TPSA) is 79.3 Å². The van der Waals surface area contributed by atoms with Gasteiger partial charge in [0.15, 0.2) is 0 Å². The van der Waals surface area contributed by atoms with E-state index in [0.29, 0.717) is 5.69 Å². The molecular weight excluding hydrogens is 265 g/mol. The number of nitrogens with zero attached hydrogens (tertiary/aromatic N) is 1. The first kappa shape index (κ1) is 14.9. The molecule has 0 saturated carbocycles. The lowest BCUT2D eigenvalue weighted by Crippen LogP contribution is -2.48. The van der Waals surface area contributed by atoms with E-state index < -0.39 is 24.1 Å². The molecule has 0 spiro atoms. The van der Waals surface area contributed by atoms with Gasteiger partial charge in [-0.25, -0.2) is 4.79 Å². The van der Waals surface area contributed by atoms with E-state index in [-0.39, 0.29) is 12.1 Å². The lowest BCUT2D eigenvalue weighted by Gasteiger charge is -2.15. The van der Waals surface area contributed by atoms with E-state index in [1.807, 2.05) is 0 Å². The Balaban J connectivity index is 2.80. The second kappa shape index (κ2) is 5.68. The summed E-state index contributed by atoms with van der Waals surface area (Å²) in [5.74, 6) is -3.84. The number of carbonyl (C=O) groups excluding carboxylic acids is 1.